The van der Waals surface area contributed by atoms with E-state index in [0.717, 1.165) is 18.5 Å². The van der Waals surface area contributed by atoms with Gasteiger partial charge in [-0.3, -0.25) is 0 Å². The number of ether oxygens (including phenoxy) is 1. The molecule has 1 heterocycles. The summed E-state index contributed by atoms with van der Waals surface area (Å²) in [6.45, 7) is 2.04. The maximum absolute atomic E-state index is 6.10. The van der Waals surface area contributed by atoms with Crippen molar-refractivity contribution < 1.29 is 4.74 Å². The minimum atomic E-state index is 0.465. The monoisotopic (exact) mass is 307 g/mol. The standard InChI is InChI=1S/C14H18ClN5O/c1-21-8-4-7-16-13-10-18-20-14(19-13)17-9-11-5-2-3-6-12(11)15/h2-3,5-6,10H,4,7-9H2,1H3,(H2,16,17,19,20). The van der Waals surface area contributed by atoms with Gasteiger partial charge in [0.15, 0.2) is 5.82 Å². The lowest BCUT2D eigenvalue weighted by atomic mass is 10.2. The first-order valence-corrected chi connectivity index (χ1v) is 7.07. The van der Waals surface area contributed by atoms with Gasteiger partial charge in [-0.2, -0.15) is 10.1 Å². The number of nitrogens with one attached hydrogen (secondary N) is 2. The van der Waals surface area contributed by atoms with E-state index in [1.165, 1.54) is 0 Å². The first kappa shape index (κ1) is 15.5. The zero-order chi connectivity index (χ0) is 14.9. The fourth-order valence-corrected chi connectivity index (χ4v) is 1.92. The van der Waals surface area contributed by atoms with E-state index in [1.807, 2.05) is 24.3 Å². The van der Waals surface area contributed by atoms with E-state index in [0.29, 0.717) is 29.9 Å². The van der Waals surface area contributed by atoms with E-state index >= 15 is 0 Å². The van der Waals surface area contributed by atoms with Crippen molar-refractivity contribution in [1.82, 2.24) is 15.2 Å². The summed E-state index contributed by atoms with van der Waals surface area (Å²) in [5.41, 5.74) is 0.987. The van der Waals surface area contributed by atoms with Crippen LogP contribution in [-0.2, 0) is 11.3 Å². The van der Waals surface area contributed by atoms with Crippen LogP contribution >= 0.6 is 11.6 Å². The summed E-state index contributed by atoms with van der Waals surface area (Å²) >= 11 is 6.10. The molecular weight excluding hydrogens is 290 g/mol. The van der Waals surface area contributed by atoms with Crippen LogP contribution in [0.5, 0.6) is 0 Å². The Labute approximate surface area is 128 Å². The summed E-state index contributed by atoms with van der Waals surface area (Å²) in [4.78, 5) is 4.34. The lowest BCUT2D eigenvalue weighted by Gasteiger charge is -2.08. The lowest BCUT2D eigenvalue weighted by Crippen LogP contribution is -2.10. The van der Waals surface area contributed by atoms with Gasteiger partial charge in [0.25, 0.3) is 0 Å². The molecule has 0 fully saturated rings. The number of methoxy groups -OCH3 is 1. The zero-order valence-electron chi connectivity index (χ0n) is 11.8. The second kappa shape index (κ2) is 8.39. The highest BCUT2D eigenvalue weighted by Gasteiger charge is 2.02. The maximum Gasteiger partial charge on any atom is 0.244 e. The lowest BCUT2D eigenvalue weighted by molar-refractivity contribution is 0.197. The van der Waals surface area contributed by atoms with Crippen molar-refractivity contribution in [3.8, 4) is 0 Å². The van der Waals surface area contributed by atoms with Crippen molar-refractivity contribution in [3.63, 3.8) is 0 Å². The summed E-state index contributed by atoms with van der Waals surface area (Å²) < 4.78 is 4.99. The molecule has 0 spiro atoms. The number of nitrogens with zero attached hydrogens (tertiary/aromatic N) is 3. The van der Waals surface area contributed by atoms with Crippen LogP contribution in [0, 0.1) is 0 Å². The Balaban J connectivity index is 1.87. The second-order valence-electron chi connectivity index (χ2n) is 4.38. The van der Waals surface area contributed by atoms with Crippen LogP contribution in [-0.4, -0.2) is 35.4 Å². The Morgan fingerprint density at radius 3 is 2.90 bits per heavy atom. The van der Waals surface area contributed by atoms with Crippen molar-refractivity contribution in [2.24, 2.45) is 0 Å². The Hall–Kier alpha value is -1.92. The predicted octanol–water partition coefficient (Wildman–Crippen LogP) is 2.59. The third kappa shape index (κ3) is 5.17. The summed E-state index contributed by atoms with van der Waals surface area (Å²) in [5.74, 6) is 1.15. The smallest absolute Gasteiger partial charge is 0.244 e. The van der Waals surface area contributed by atoms with Gasteiger partial charge in [0.2, 0.25) is 5.95 Å². The molecule has 0 atom stereocenters. The van der Waals surface area contributed by atoms with Crippen molar-refractivity contribution in [1.29, 1.82) is 0 Å². The number of aromatic nitrogens is 3. The van der Waals surface area contributed by atoms with Crippen molar-refractivity contribution >= 4 is 23.4 Å². The molecule has 0 aliphatic heterocycles. The molecular formula is C14H18ClN5O. The van der Waals surface area contributed by atoms with Crippen LogP contribution in [0.15, 0.2) is 30.5 Å². The van der Waals surface area contributed by atoms with Crippen LogP contribution < -0.4 is 10.6 Å². The van der Waals surface area contributed by atoms with Gasteiger partial charge in [-0.1, -0.05) is 29.8 Å². The van der Waals surface area contributed by atoms with Crippen molar-refractivity contribution in [3.05, 3.63) is 41.0 Å². The van der Waals surface area contributed by atoms with Gasteiger partial charge in [0.1, 0.15) is 0 Å². The van der Waals surface area contributed by atoms with E-state index in [9.17, 15) is 0 Å². The van der Waals surface area contributed by atoms with Gasteiger partial charge in [-0.15, -0.1) is 5.10 Å². The average Bonchev–Trinajstić information content (AvgIpc) is 2.51. The molecule has 0 aliphatic carbocycles. The Morgan fingerprint density at radius 2 is 2.10 bits per heavy atom. The molecule has 2 rings (SSSR count). The normalized spacial score (nSPS) is 10.4. The second-order valence-corrected chi connectivity index (χ2v) is 4.79. The number of hydrogen-bond acceptors (Lipinski definition) is 6. The largest absolute Gasteiger partial charge is 0.385 e. The first-order chi connectivity index (χ1) is 10.3. The summed E-state index contributed by atoms with van der Waals surface area (Å²) in [6, 6.07) is 7.64. The van der Waals surface area contributed by atoms with E-state index in [4.69, 9.17) is 16.3 Å². The molecule has 7 heteroatoms. The maximum atomic E-state index is 6.10. The van der Waals surface area contributed by atoms with Crippen molar-refractivity contribution in [2.75, 3.05) is 30.9 Å². The average molecular weight is 308 g/mol. The molecule has 0 saturated heterocycles. The van der Waals surface area contributed by atoms with Crippen LogP contribution in [0.25, 0.3) is 0 Å². The van der Waals surface area contributed by atoms with E-state index in [2.05, 4.69) is 25.8 Å². The number of halogens is 1. The molecule has 0 unspecified atom stereocenters. The molecule has 1 aromatic carbocycles. The Morgan fingerprint density at radius 1 is 1.24 bits per heavy atom. The molecule has 112 valence electrons. The van der Waals surface area contributed by atoms with Gasteiger partial charge < -0.3 is 15.4 Å². The van der Waals surface area contributed by atoms with Gasteiger partial charge in [0.05, 0.1) is 6.20 Å². The number of rotatable bonds is 8. The van der Waals surface area contributed by atoms with Crippen LogP contribution in [0.3, 0.4) is 0 Å². The fourth-order valence-electron chi connectivity index (χ4n) is 1.71. The Kier molecular flexibility index (Phi) is 6.18. The van der Waals surface area contributed by atoms with Crippen LogP contribution in [0.1, 0.15) is 12.0 Å². The molecule has 1 aromatic heterocycles. The summed E-state index contributed by atoms with van der Waals surface area (Å²) in [7, 11) is 1.68. The summed E-state index contributed by atoms with van der Waals surface area (Å²) in [6.07, 6.45) is 2.50. The van der Waals surface area contributed by atoms with Crippen LogP contribution in [0.4, 0.5) is 11.8 Å². The highest BCUT2D eigenvalue weighted by atomic mass is 35.5. The highest BCUT2D eigenvalue weighted by Crippen LogP contribution is 2.15. The quantitative estimate of drug-likeness (QED) is 0.730. The Bertz CT molecular complexity index is 567. The van der Waals surface area contributed by atoms with Gasteiger partial charge >= 0.3 is 0 Å². The molecule has 0 aliphatic rings. The SMILES string of the molecule is COCCCNc1cnnc(NCc2ccccc2Cl)n1. The molecule has 6 nitrogen and oxygen atoms in total. The summed E-state index contributed by atoms with van der Waals surface area (Å²) in [5, 5.41) is 14.9. The van der Waals surface area contributed by atoms with Gasteiger partial charge in [0, 0.05) is 31.8 Å². The topological polar surface area (TPSA) is 72.0 Å². The molecule has 0 amide bonds. The van der Waals surface area contributed by atoms with Gasteiger partial charge in [-0.05, 0) is 18.1 Å². The van der Waals surface area contributed by atoms with E-state index in [1.54, 1.807) is 13.3 Å². The molecule has 0 saturated carbocycles. The molecule has 0 radical (unpaired) electrons. The van der Waals surface area contributed by atoms with Crippen LogP contribution in [0.2, 0.25) is 5.02 Å². The van der Waals surface area contributed by atoms with Crippen molar-refractivity contribution in [2.45, 2.75) is 13.0 Å². The number of anilines is 2. The molecule has 2 N–H and O–H groups in total. The fraction of sp³-hybridized carbons (Fsp3) is 0.357. The highest BCUT2D eigenvalue weighted by molar-refractivity contribution is 6.31. The third-order valence-electron chi connectivity index (χ3n) is 2.78. The number of hydrogen-bond donors (Lipinski definition) is 2. The minimum Gasteiger partial charge on any atom is -0.385 e. The zero-order valence-corrected chi connectivity index (χ0v) is 12.6. The third-order valence-corrected chi connectivity index (χ3v) is 3.15. The first-order valence-electron chi connectivity index (χ1n) is 6.69. The number of benzene rings is 1. The van der Waals surface area contributed by atoms with E-state index < -0.39 is 0 Å². The minimum absolute atomic E-state index is 0.465. The van der Waals surface area contributed by atoms with Gasteiger partial charge in [-0.25, -0.2) is 0 Å². The molecule has 2 aromatic rings. The predicted molar refractivity (Wildman–Crippen MR) is 83.6 cm³/mol. The molecule has 21 heavy (non-hydrogen) atoms. The van der Waals surface area contributed by atoms with E-state index in [-0.39, 0.29) is 0 Å². The molecule has 0 bridgehead atoms.